The minimum absolute atomic E-state index is 0.0649. The lowest BCUT2D eigenvalue weighted by atomic mass is 10.2. The van der Waals surface area contributed by atoms with Crippen molar-refractivity contribution < 1.29 is 27.1 Å². The Morgan fingerprint density at radius 1 is 1.29 bits per heavy atom. The van der Waals surface area contributed by atoms with Crippen molar-refractivity contribution in [1.82, 2.24) is 9.62 Å². The second kappa shape index (κ2) is 9.05. The highest BCUT2D eigenvalue weighted by Gasteiger charge is 2.29. The lowest BCUT2D eigenvalue weighted by molar-refractivity contribution is -0.116. The van der Waals surface area contributed by atoms with Crippen LogP contribution in [0, 0.1) is 0 Å². The monoisotopic (exact) mass is 406 g/mol. The molecule has 0 radical (unpaired) electrons. The van der Waals surface area contributed by atoms with Gasteiger partial charge in [0.25, 0.3) is 0 Å². The summed E-state index contributed by atoms with van der Waals surface area (Å²) in [5.74, 6) is 0.584. The van der Waals surface area contributed by atoms with E-state index in [1.165, 1.54) is 29.8 Å². The molecule has 9 heteroatoms. The number of carbonyl (C=O) groups excluding carboxylic acids is 1. The van der Waals surface area contributed by atoms with E-state index in [1.54, 1.807) is 30.3 Å². The number of amides is 1. The largest absolute Gasteiger partial charge is 0.495 e. The van der Waals surface area contributed by atoms with Crippen molar-refractivity contribution in [3.63, 3.8) is 0 Å². The number of sulfonamides is 1. The fraction of sp³-hybridized carbons (Fsp3) is 0.316. The molecular formula is C19H22N2O6S. The first-order valence-electron chi connectivity index (χ1n) is 8.75. The summed E-state index contributed by atoms with van der Waals surface area (Å²) in [6, 6.07) is 8.27. The third-order valence-electron chi connectivity index (χ3n) is 4.22. The molecule has 0 spiro atoms. The van der Waals surface area contributed by atoms with E-state index in [0.717, 1.165) is 0 Å². The van der Waals surface area contributed by atoms with E-state index >= 15 is 0 Å². The maximum absolute atomic E-state index is 13.0. The van der Waals surface area contributed by atoms with Gasteiger partial charge < -0.3 is 19.2 Å². The minimum Gasteiger partial charge on any atom is -0.495 e. The van der Waals surface area contributed by atoms with Gasteiger partial charge in [-0.05, 0) is 35.9 Å². The van der Waals surface area contributed by atoms with E-state index in [4.69, 9.17) is 13.9 Å². The van der Waals surface area contributed by atoms with E-state index in [2.05, 4.69) is 5.32 Å². The van der Waals surface area contributed by atoms with Gasteiger partial charge in [-0.2, -0.15) is 4.31 Å². The van der Waals surface area contributed by atoms with Crippen LogP contribution in [0.1, 0.15) is 11.3 Å². The van der Waals surface area contributed by atoms with Crippen LogP contribution >= 0.6 is 0 Å². The Morgan fingerprint density at radius 3 is 2.75 bits per heavy atom. The molecule has 28 heavy (non-hydrogen) atoms. The van der Waals surface area contributed by atoms with Gasteiger partial charge in [0.2, 0.25) is 15.9 Å². The summed E-state index contributed by atoms with van der Waals surface area (Å²) in [5, 5.41) is 2.69. The van der Waals surface area contributed by atoms with Crippen molar-refractivity contribution in [2.24, 2.45) is 0 Å². The number of ether oxygens (including phenoxy) is 2. The summed E-state index contributed by atoms with van der Waals surface area (Å²) < 4.78 is 42.9. The molecular weight excluding hydrogens is 384 g/mol. The molecule has 0 saturated carbocycles. The highest BCUT2D eigenvalue weighted by atomic mass is 32.2. The summed E-state index contributed by atoms with van der Waals surface area (Å²) >= 11 is 0. The van der Waals surface area contributed by atoms with E-state index in [1.807, 2.05) is 0 Å². The lowest BCUT2D eigenvalue weighted by Crippen LogP contribution is -2.40. The number of furan rings is 1. The van der Waals surface area contributed by atoms with E-state index in [-0.39, 0.29) is 23.1 Å². The number of hydrogen-bond acceptors (Lipinski definition) is 6. The first-order chi connectivity index (χ1) is 13.5. The van der Waals surface area contributed by atoms with Crippen molar-refractivity contribution >= 4 is 22.0 Å². The molecule has 2 heterocycles. The van der Waals surface area contributed by atoms with Crippen LogP contribution in [-0.2, 0) is 26.1 Å². The normalized spacial score (nSPS) is 15.6. The maximum Gasteiger partial charge on any atom is 0.246 e. The Morgan fingerprint density at radius 2 is 2.07 bits per heavy atom. The number of rotatable bonds is 7. The Bertz CT molecular complexity index is 931. The topological polar surface area (TPSA) is 98.1 Å². The Hall–Kier alpha value is -2.62. The Balaban J connectivity index is 1.75. The number of morpholine rings is 1. The van der Waals surface area contributed by atoms with Crippen LogP contribution in [0.2, 0.25) is 0 Å². The molecule has 1 N–H and O–H groups in total. The average Bonchev–Trinajstić information content (AvgIpc) is 3.25. The van der Waals surface area contributed by atoms with Gasteiger partial charge in [-0.1, -0.05) is 6.07 Å². The first-order valence-corrected chi connectivity index (χ1v) is 10.2. The van der Waals surface area contributed by atoms with Crippen molar-refractivity contribution in [2.75, 3.05) is 33.4 Å². The zero-order valence-electron chi connectivity index (χ0n) is 15.5. The van der Waals surface area contributed by atoms with E-state index in [0.29, 0.717) is 37.6 Å². The van der Waals surface area contributed by atoms with Crippen molar-refractivity contribution in [2.45, 2.75) is 11.4 Å². The zero-order valence-corrected chi connectivity index (χ0v) is 16.3. The van der Waals surface area contributed by atoms with E-state index < -0.39 is 10.0 Å². The van der Waals surface area contributed by atoms with Gasteiger partial charge in [0.05, 0.1) is 33.1 Å². The van der Waals surface area contributed by atoms with Gasteiger partial charge in [-0.25, -0.2) is 8.42 Å². The van der Waals surface area contributed by atoms with Crippen LogP contribution in [0.15, 0.2) is 52.0 Å². The zero-order chi connectivity index (χ0) is 20.0. The molecule has 1 saturated heterocycles. The smallest absolute Gasteiger partial charge is 0.246 e. The Kier molecular flexibility index (Phi) is 6.50. The highest BCUT2D eigenvalue weighted by Crippen LogP contribution is 2.28. The molecule has 0 aliphatic carbocycles. The summed E-state index contributed by atoms with van der Waals surface area (Å²) in [6.07, 6.45) is 4.43. The molecule has 3 rings (SSSR count). The van der Waals surface area contributed by atoms with Crippen LogP contribution in [0.25, 0.3) is 6.08 Å². The van der Waals surface area contributed by atoms with Crippen molar-refractivity contribution in [3.8, 4) is 5.75 Å². The molecule has 150 valence electrons. The molecule has 2 aromatic rings. The third-order valence-corrected chi connectivity index (χ3v) is 6.14. The van der Waals surface area contributed by atoms with Gasteiger partial charge in [-0.15, -0.1) is 0 Å². The molecule has 8 nitrogen and oxygen atoms in total. The number of carbonyl (C=O) groups is 1. The standard InChI is InChI=1S/C19H22N2O6S/c1-25-17-6-4-15(5-7-19(22)20-14-16-3-2-10-27-16)13-18(17)28(23,24)21-8-11-26-12-9-21/h2-7,10,13H,8-9,11-12,14H2,1H3,(H,20,22). The quantitative estimate of drug-likeness (QED) is 0.702. The SMILES string of the molecule is COc1ccc(C=CC(=O)NCc2ccco2)cc1S(=O)(=O)N1CCOCC1. The highest BCUT2D eigenvalue weighted by molar-refractivity contribution is 7.89. The predicted molar refractivity (Wildman–Crippen MR) is 102 cm³/mol. The van der Waals surface area contributed by atoms with Gasteiger partial charge >= 0.3 is 0 Å². The van der Waals surface area contributed by atoms with Gasteiger partial charge in [-0.3, -0.25) is 4.79 Å². The molecule has 0 bridgehead atoms. The number of methoxy groups -OCH3 is 1. The summed E-state index contributed by atoms with van der Waals surface area (Å²) in [4.78, 5) is 12.0. The minimum atomic E-state index is -3.72. The Labute approximate surface area is 163 Å². The van der Waals surface area contributed by atoms with Crippen LogP contribution in [0.4, 0.5) is 0 Å². The van der Waals surface area contributed by atoms with Crippen LogP contribution < -0.4 is 10.1 Å². The first kappa shape index (κ1) is 20.1. The fourth-order valence-electron chi connectivity index (χ4n) is 2.74. The van der Waals surface area contributed by atoms with E-state index in [9.17, 15) is 13.2 Å². The molecule has 1 aliphatic rings. The number of nitrogens with zero attached hydrogens (tertiary/aromatic N) is 1. The molecule has 1 aromatic heterocycles. The van der Waals surface area contributed by atoms with Crippen LogP contribution in [0.5, 0.6) is 5.75 Å². The third kappa shape index (κ3) is 4.80. The van der Waals surface area contributed by atoms with Gasteiger partial charge in [0.1, 0.15) is 16.4 Å². The molecule has 1 fully saturated rings. The molecule has 1 aliphatic heterocycles. The van der Waals surface area contributed by atoms with Crippen LogP contribution in [-0.4, -0.2) is 52.0 Å². The summed E-state index contributed by atoms with van der Waals surface area (Å²) in [7, 11) is -2.30. The molecule has 1 amide bonds. The van der Waals surface area contributed by atoms with Gasteiger partial charge in [0.15, 0.2) is 0 Å². The predicted octanol–water partition coefficient (Wildman–Crippen LogP) is 1.64. The molecule has 0 atom stereocenters. The van der Waals surface area contributed by atoms with Crippen LogP contribution in [0.3, 0.4) is 0 Å². The van der Waals surface area contributed by atoms with Gasteiger partial charge in [0, 0.05) is 19.2 Å². The average molecular weight is 406 g/mol. The molecule has 0 unspecified atom stereocenters. The second-order valence-electron chi connectivity index (χ2n) is 6.06. The lowest BCUT2D eigenvalue weighted by Gasteiger charge is -2.26. The number of nitrogens with one attached hydrogen (secondary N) is 1. The van der Waals surface area contributed by atoms with Crippen molar-refractivity contribution in [3.05, 3.63) is 54.0 Å². The fourth-order valence-corrected chi connectivity index (χ4v) is 4.34. The maximum atomic E-state index is 13.0. The second-order valence-corrected chi connectivity index (χ2v) is 7.96. The number of hydrogen-bond donors (Lipinski definition) is 1. The summed E-state index contributed by atoms with van der Waals surface area (Å²) in [5.41, 5.74) is 0.570. The summed E-state index contributed by atoms with van der Waals surface area (Å²) in [6.45, 7) is 1.57. The molecule has 1 aromatic carbocycles. The number of benzene rings is 1. The van der Waals surface area contributed by atoms with Crippen molar-refractivity contribution in [1.29, 1.82) is 0 Å².